The standard InChI is InChI=1S/C21H30N2O5/c1-4-26-17-13-16(14-18(27-5-2)19(17)28-6-3)21(25)23-11-9-22(10-12-23)20(24)15-7-8-15/h13-15H,4-12H2,1-3H3. The Morgan fingerprint density at radius 3 is 1.82 bits per heavy atom. The maximum atomic E-state index is 13.1. The number of amides is 2. The largest absolute Gasteiger partial charge is 0.490 e. The van der Waals surface area contributed by atoms with Gasteiger partial charge in [-0.3, -0.25) is 9.59 Å². The summed E-state index contributed by atoms with van der Waals surface area (Å²) in [5, 5.41) is 0. The fourth-order valence-corrected chi connectivity index (χ4v) is 3.41. The van der Waals surface area contributed by atoms with Gasteiger partial charge in [0.1, 0.15) is 0 Å². The van der Waals surface area contributed by atoms with Gasteiger partial charge in [-0.05, 0) is 45.7 Å². The Labute approximate surface area is 166 Å². The maximum Gasteiger partial charge on any atom is 0.254 e. The van der Waals surface area contributed by atoms with Crippen LogP contribution in [0.5, 0.6) is 17.2 Å². The molecule has 0 radical (unpaired) electrons. The van der Waals surface area contributed by atoms with Gasteiger partial charge >= 0.3 is 0 Å². The third-order valence-electron chi connectivity index (χ3n) is 4.96. The van der Waals surface area contributed by atoms with Crippen LogP contribution in [0.25, 0.3) is 0 Å². The molecule has 154 valence electrons. The van der Waals surface area contributed by atoms with Crippen molar-refractivity contribution in [3.63, 3.8) is 0 Å². The zero-order valence-corrected chi connectivity index (χ0v) is 17.0. The molecule has 1 saturated carbocycles. The fraction of sp³-hybridized carbons (Fsp3) is 0.619. The first kappa shape index (κ1) is 20.3. The lowest BCUT2D eigenvalue weighted by Crippen LogP contribution is -2.51. The van der Waals surface area contributed by atoms with Gasteiger partial charge in [-0.2, -0.15) is 0 Å². The fourth-order valence-electron chi connectivity index (χ4n) is 3.41. The lowest BCUT2D eigenvalue weighted by molar-refractivity contribution is -0.134. The van der Waals surface area contributed by atoms with Crippen LogP contribution in [0.2, 0.25) is 0 Å². The van der Waals surface area contributed by atoms with E-state index >= 15 is 0 Å². The molecule has 3 rings (SSSR count). The van der Waals surface area contributed by atoms with E-state index in [-0.39, 0.29) is 17.7 Å². The highest BCUT2D eigenvalue weighted by Crippen LogP contribution is 2.39. The minimum Gasteiger partial charge on any atom is -0.490 e. The topological polar surface area (TPSA) is 68.3 Å². The highest BCUT2D eigenvalue weighted by molar-refractivity contribution is 5.96. The Hall–Kier alpha value is -2.44. The third kappa shape index (κ3) is 4.51. The van der Waals surface area contributed by atoms with Crippen molar-refractivity contribution in [2.45, 2.75) is 33.6 Å². The van der Waals surface area contributed by atoms with Crippen molar-refractivity contribution >= 4 is 11.8 Å². The minimum atomic E-state index is -0.0801. The van der Waals surface area contributed by atoms with Crippen molar-refractivity contribution in [2.75, 3.05) is 46.0 Å². The van der Waals surface area contributed by atoms with E-state index in [2.05, 4.69) is 0 Å². The molecule has 7 nitrogen and oxygen atoms in total. The Balaban J connectivity index is 1.76. The van der Waals surface area contributed by atoms with Crippen molar-refractivity contribution in [1.29, 1.82) is 0 Å². The molecule has 0 N–H and O–H groups in total. The number of ether oxygens (including phenoxy) is 3. The average Bonchev–Trinajstić information content (AvgIpc) is 3.55. The molecule has 1 aromatic rings. The molecule has 2 aliphatic rings. The molecule has 1 aliphatic carbocycles. The normalized spacial score (nSPS) is 16.7. The molecule has 2 fully saturated rings. The van der Waals surface area contributed by atoms with Gasteiger partial charge in [0.05, 0.1) is 19.8 Å². The second-order valence-electron chi connectivity index (χ2n) is 6.99. The summed E-state index contributed by atoms with van der Waals surface area (Å²) in [5.74, 6) is 1.94. The van der Waals surface area contributed by atoms with E-state index in [9.17, 15) is 9.59 Å². The highest BCUT2D eigenvalue weighted by atomic mass is 16.5. The van der Waals surface area contributed by atoms with E-state index < -0.39 is 0 Å². The highest BCUT2D eigenvalue weighted by Gasteiger charge is 2.35. The summed E-state index contributed by atoms with van der Waals surface area (Å²) < 4.78 is 17.1. The van der Waals surface area contributed by atoms with Crippen LogP contribution < -0.4 is 14.2 Å². The van der Waals surface area contributed by atoms with E-state index in [1.165, 1.54) is 0 Å². The van der Waals surface area contributed by atoms with Gasteiger partial charge in [0.15, 0.2) is 11.5 Å². The number of carbonyl (C=O) groups is 2. The summed E-state index contributed by atoms with van der Waals surface area (Å²) in [6.45, 7) is 9.34. The van der Waals surface area contributed by atoms with Crippen LogP contribution in [0, 0.1) is 5.92 Å². The van der Waals surface area contributed by atoms with Crippen molar-refractivity contribution in [2.24, 2.45) is 5.92 Å². The molecular formula is C21H30N2O5. The number of rotatable bonds is 8. The Bertz CT molecular complexity index is 682. The van der Waals surface area contributed by atoms with Crippen molar-refractivity contribution in [1.82, 2.24) is 9.80 Å². The molecule has 7 heteroatoms. The molecule has 2 amide bonds. The van der Waals surface area contributed by atoms with Crippen LogP contribution >= 0.6 is 0 Å². The van der Waals surface area contributed by atoms with Crippen LogP contribution in [-0.2, 0) is 4.79 Å². The molecule has 0 bridgehead atoms. The number of hydrogen-bond donors (Lipinski definition) is 0. The predicted molar refractivity (Wildman–Crippen MR) is 105 cm³/mol. The summed E-state index contributed by atoms with van der Waals surface area (Å²) in [6, 6.07) is 3.45. The summed E-state index contributed by atoms with van der Waals surface area (Å²) in [7, 11) is 0. The van der Waals surface area contributed by atoms with Crippen LogP contribution in [0.3, 0.4) is 0 Å². The number of benzene rings is 1. The second-order valence-corrected chi connectivity index (χ2v) is 6.99. The summed E-state index contributed by atoms with van der Waals surface area (Å²) >= 11 is 0. The van der Waals surface area contributed by atoms with Crippen LogP contribution in [0.1, 0.15) is 44.0 Å². The minimum absolute atomic E-state index is 0.0801. The van der Waals surface area contributed by atoms with E-state index in [4.69, 9.17) is 14.2 Å². The maximum absolute atomic E-state index is 13.1. The lowest BCUT2D eigenvalue weighted by Gasteiger charge is -2.35. The van der Waals surface area contributed by atoms with Gasteiger partial charge in [0, 0.05) is 37.7 Å². The zero-order valence-electron chi connectivity index (χ0n) is 17.0. The zero-order chi connectivity index (χ0) is 20.1. The van der Waals surface area contributed by atoms with Gasteiger partial charge in [-0.25, -0.2) is 0 Å². The Morgan fingerprint density at radius 1 is 0.857 bits per heavy atom. The van der Waals surface area contributed by atoms with E-state index in [1.54, 1.807) is 17.0 Å². The first-order chi connectivity index (χ1) is 13.6. The first-order valence-corrected chi connectivity index (χ1v) is 10.2. The number of nitrogens with zero attached hydrogens (tertiary/aromatic N) is 2. The number of hydrogen-bond acceptors (Lipinski definition) is 5. The molecule has 28 heavy (non-hydrogen) atoms. The Kier molecular flexibility index (Phi) is 6.65. The molecule has 1 aliphatic heterocycles. The molecule has 0 atom stereocenters. The van der Waals surface area contributed by atoms with Gasteiger partial charge in [0.25, 0.3) is 5.91 Å². The lowest BCUT2D eigenvalue weighted by atomic mass is 10.1. The van der Waals surface area contributed by atoms with Gasteiger partial charge in [-0.15, -0.1) is 0 Å². The van der Waals surface area contributed by atoms with E-state index in [0.29, 0.717) is 68.8 Å². The monoisotopic (exact) mass is 390 g/mol. The third-order valence-corrected chi connectivity index (χ3v) is 4.96. The van der Waals surface area contributed by atoms with Crippen molar-refractivity contribution in [3.8, 4) is 17.2 Å². The summed E-state index contributed by atoms with van der Waals surface area (Å²) in [6.07, 6.45) is 2.01. The van der Waals surface area contributed by atoms with Gasteiger partial charge in [0.2, 0.25) is 11.7 Å². The van der Waals surface area contributed by atoms with Crippen molar-refractivity contribution < 1.29 is 23.8 Å². The van der Waals surface area contributed by atoms with Crippen LogP contribution in [0.15, 0.2) is 12.1 Å². The van der Waals surface area contributed by atoms with E-state index in [0.717, 1.165) is 12.8 Å². The van der Waals surface area contributed by atoms with E-state index in [1.807, 2.05) is 25.7 Å². The van der Waals surface area contributed by atoms with Crippen LogP contribution in [0.4, 0.5) is 0 Å². The van der Waals surface area contributed by atoms with Gasteiger partial charge in [-0.1, -0.05) is 0 Å². The molecule has 0 aromatic heterocycles. The average molecular weight is 390 g/mol. The molecular weight excluding hydrogens is 360 g/mol. The molecule has 1 aromatic carbocycles. The number of carbonyl (C=O) groups excluding carboxylic acids is 2. The smallest absolute Gasteiger partial charge is 0.254 e. The molecule has 1 saturated heterocycles. The van der Waals surface area contributed by atoms with Crippen LogP contribution in [-0.4, -0.2) is 67.6 Å². The van der Waals surface area contributed by atoms with Gasteiger partial charge < -0.3 is 24.0 Å². The number of piperazine rings is 1. The quantitative estimate of drug-likeness (QED) is 0.682. The second kappa shape index (κ2) is 9.17. The Morgan fingerprint density at radius 2 is 1.36 bits per heavy atom. The summed E-state index contributed by atoms with van der Waals surface area (Å²) in [5.41, 5.74) is 0.511. The first-order valence-electron chi connectivity index (χ1n) is 10.2. The summed E-state index contributed by atoms with van der Waals surface area (Å²) in [4.78, 5) is 29.0. The molecule has 1 heterocycles. The molecule has 0 unspecified atom stereocenters. The van der Waals surface area contributed by atoms with Crippen molar-refractivity contribution in [3.05, 3.63) is 17.7 Å². The molecule has 0 spiro atoms. The SMILES string of the molecule is CCOc1cc(C(=O)N2CCN(C(=O)C3CC3)CC2)cc(OCC)c1OCC. The predicted octanol–water partition coefficient (Wildman–Crippen LogP) is 2.58.